The highest BCUT2D eigenvalue weighted by Crippen LogP contribution is 2.42. The summed E-state index contributed by atoms with van der Waals surface area (Å²) in [7, 11) is 1.69. The van der Waals surface area contributed by atoms with Crippen LogP contribution in [0.15, 0.2) is 18.5 Å². The first-order chi connectivity index (χ1) is 10.7. The SMILES string of the molecule is COCc1cncc(C2CCC3C(=O)NNC(CN)C3C2)c1. The summed E-state index contributed by atoms with van der Waals surface area (Å²) >= 11 is 0. The Morgan fingerprint density at radius 3 is 3.05 bits per heavy atom. The van der Waals surface area contributed by atoms with Gasteiger partial charge in [-0.25, -0.2) is 5.43 Å². The van der Waals surface area contributed by atoms with E-state index in [1.807, 2.05) is 12.4 Å². The molecule has 4 unspecified atom stereocenters. The average Bonchev–Trinajstić information content (AvgIpc) is 2.55. The van der Waals surface area contributed by atoms with Crippen LogP contribution in [0.25, 0.3) is 0 Å². The zero-order valence-electron chi connectivity index (χ0n) is 12.9. The number of carbonyl (C=O) groups excluding carboxylic acids is 1. The van der Waals surface area contributed by atoms with Gasteiger partial charge in [0.15, 0.2) is 0 Å². The first kappa shape index (κ1) is 15.4. The number of hydrogen-bond donors (Lipinski definition) is 3. The van der Waals surface area contributed by atoms with E-state index in [1.165, 1.54) is 5.56 Å². The number of carbonyl (C=O) groups is 1. The third kappa shape index (κ3) is 2.99. The van der Waals surface area contributed by atoms with Gasteiger partial charge < -0.3 is 10.5 Å². The minimum Gasteiger partial charge on any atom is -0.380 e. The van der Waals surface area contributed by atoms with Gasteiger partial charge in [-0.1, -0.05) is 6.07 Å². The van der Waals surface area contributed by atoms with E-state index in [0.29, 0.717) is 25.0 Å². The van der Waals surface area contributed by atoms with Gasteiger partial charge in [-0.2, -0.15) is 0 Å². The van der Waals surface area contributed by atoms with Gasteiger partial charge >= 0.3 is 0 Å². The number of amides is 1. The molecule has 0 radical (unpaired) electrons. The molecular weight excluding hydrogens is 280 g/mol. The number of ether oxygens (including phenoxy) is 1. The molecule has 0 aromatic carbocycles. The predicted octanol–water partition coefficient (Wildman–Crippen LogP) is 0.690. The maximum Gasteiger partial charge on any atom is 0.237 e. The van der Waals surface area contributed by atoms with Crippen LogP contribution in [0.5, 0.6) is 0 Å². The maximum atomic E-state index is 12.0. The van der Waals surface area contributed by atoms with E-state index in [0.717, 1.165) is 24.8 Å². The smallest absolute Gasteiger partial charge is 0.237 e. The molecule has 2 fully saturated rings. The number of nitrogens with zero attached hydrogens (tertiary/aromatic N) is 1. The standard InChI is InChI=1S/C16H24N4O2/c1-22-9-10-4-12(8-18-7-10)11-2-3-13-14(5-11)15(6-17)19-20-16(13)21/h4,7-8,11,13-15,19H,2-3,5-6,9,17H2,1H3,(H,20,21). The van der Waals surface area contributed by atoms with Crippen LogP contribution in [-0.2, 0) is 16.1 Å². The van der Waals surface area contributed by atoms with E-state index in [2.05, 4.69) is 21.9 Å². The normalized spacial score (nSPS) is 31.5. The highest BCUT2D eigenvalue weighted by Gasteiger charge is 2.42. The van der Waals surface area contributed by atoms with Gasteiger partial charge in [0.25, 0.3) is 0 Å². The molecule has 120 valence electrons. The van der Waals surface area contributed by atoms with Gasteiger partial charge in [0.2, 0.25) is 5.91 Å². The van der Waals surface area contributed by atoms with Crippen LogP contribution in [0, 0.1) is 11.8 Å². The molecule has 0 bridgehead atoms. The third-order valence-electron chi connectivity index (χ3n) is 4.99. The molecule has 1 aromatic heterocycles. The summed E-state index contributed by atoms with van der Waals surface area (Å²) < 4.78 is 5.19. The fraction of sp³-hybridized carbons (Fsp3) is 0.625. The van der Waals surface area contributed by atoms with Crippen molar-refractivity contribution in [2.45, 2.75) is 37.8 Å². The first-order valence-corrected chi connectivity index (χ1v) is 7.91. The quantitative estimate of drug-likeness (QED) is 0.761. The maximum absolute atomic E-state index is 12.0. The second-order valence-corrected chi connectivity index (χ2v) is 6.32. The zero-order chi connectivity index (χ0) is 15.5. The van der Waals surface area contributed by atoms with Crippen molar-refractivity contribution >= 4 is 5.91 Å². The van der Waals surface area contributed by atoms with E-state index >= 15 is 0 Å². The lowest BCUT2D eigenvalue weighted by Crippen LogP contribution is -2.62. The van der Waals surface area contributed by atoms with Crippen molar-refractivity contribution < 1.29 is 9.53 Å². The number of nitrogens with one attached hydrogen (secondary N) is 2. The Morgan fingerprint density at radius 1 is 1.41 bits per heavy atom. The monoisotopic (exact) mass is 304 g/mol. The Labute approximate surface area is 130 Å². The molecule has 1 saturated carbocycles. The lowest BCUT2D eigenvalue weighted by Gasteiger charge is -2.43. The van der Waals surface area contributed by atoms with Crippen LogP contribution in [0.1, 0.15) is 36.3 Å². The highest BCUT2D eigenvalue weighted by atomic mass is 16.5. The second kappa shape index (κ2) is 6.73. The van der Waals surface area contributed by atoms with Crippen LogP contribution < -0.4 is 16.6 Å². The van der Waals surface area contributed by atoms with Crippen molar-refractivity contribution in [2.75, 3.05) is 13.7 Å². The molecule has 1 aromatic rings. The van der Waals surface area contributed by atoms with Crippen molar-refractivity contribution in [3.63, 3.8) is 0 Å². The van der Waals surface area contributed by atoms with Crippen LogP contribution in [0.3, 0.4) is 0 Å². The van der Waals surface area contributed by atoms with Gasteiger partial charge in [-0.3, -0.25) is 15.2 Å². The van der Waals surface area contributed by atoms with Crippen molar-refractivity contribution in [2.24, 2.45) is 17.6 Å². The van der Waals surface area contributed by atoms with E-state index in [4.69, 9.17) is 10.5 Å². The summed E-state index contributed by atoms with van der Waals surface area (Å²) in [5.74, 6) is 0.927. The van der Waals surface area contributed by atoms with Gasteiger partial charge in [0.05, 0.1) is 6.61 Å². The molecule has 6 nitrogen and oxygen atoms in total. The van der Waals surface area contributed by atoms with Crippen LogP contribution in [0.2, 0.25) is 0 Å². The fourth-order valence-electron chi connectivity index (χ4n) is 3.85. The van der Waals surface area contributed by atoms with Crippen molar-refractivity contribution in [3.05, 3.63) is 29.6 Å². The Hall–Kier alpha value is -1.50. The number of pyridine rings is 1. The number of nitrogens with two attached hydrogens (primary N) is 1. The van der Waals surface area contributed by atoms with Crippen LogP contribution in [-0.4, -0.2) is 30.6 Å². The van der Waals surface area contributed by atoms with Crippen molar-refractivity contribution in [3.8, 4) is 0 Å². The van der Waals surface area contributed by atoms with E-state index < -0.39 is 0 Å². The van der Waals surface area contributed by atoms with E-state index in [1.54, 1.807) is 7.11 Å². The Morgan fingerprint density at radius 2 is 2.27 bits per heavy atom. The van der Waals surface area contributed by atoms with Gasteiger partial charge in [0, 0.05) is 38.0 Å². The highest BCUT2D eigenvalue weighted by molar-refractivity contribution is 5.79. The van der Waals surface area contributed by atoms with Crippen LogP contribution >= 0.6 is 0 Å². The van der Waals surface area contributed by atoms with Gasteiger partial charge in [-0.05, 0) is 42.2 Å². The summed E-state index contributed by atoms with van der Waals surface area (Å²) in [5.41, 5.74) is 14.0. The number of hydrazine groups is 1. The Bertz CT molecular complexity index is 537. The van der Waals surface area contributed by atoms with Gasteiger partial charge in [0.1, 0.15) is 0 Å². The molecule has 1 aliphatic heterocycles. The molecule has 4 N–H and O–H groups in total. The topological polar surface area (TPSA) is 89.3 Å². The van der Waals surface area contributed by atoms with Gasteiger partial charge in [-0.15, -0.1) is 0 Å². The molecule has 1 amide bonds. The summed E-state index contributed by atoms with van der Waals surface area (Å²) in [5, 5.41) is 0. The summed E-state index contributed by atoms with van der Waals surface area (Å²) in [6.45, 7) is 1.12. The molecule has 4 atom stereocenters. The molecule has 2 aliphatic rings. The molecule has 1 aliphatic carbocycles. The largest absolute Gasteiger partial charge is 0.380 e. The zero-order valence-corrected chi connectivity index (χ0v) is 12.9. The lowest BCUT2D eigenvalue weighted by atomic mass is 9.68. The number of rotatable bonds is 4. The molecule has 22 heavy (non-hydrogen) atoms. The number of fused-ring (bicyclic) bond motifs is 1. The molecule has 0 spiro atoms. The summed E-state index contributed by atoms with van der Waals surface area (Å²) in [4.78, 5) is 16.4. The predicted molar refractivity (Wildman–Crippen MR) is 82.6 cm³/mol. The number of aromatic nitrogens is 1. The lowest BCUT2D eigenvalue weighted by molar-refractivity contribution is -0.133. The Kier molecular flexibility index (Phi) is 4.71. The minimum atomic E-state index is 0.0844. The van der Waals surface area contributed by atoms with Crippen molar-refractivity contribution in [1.82, 2.24) is 15.8 Å². The molecule has 1 saturated heterocycles. The number of hydrogen-bond acceptors (Lipinski definition) is 5. The molecular formula is C16H24N4O2. The Balaban J connectivity index is 1.77. The van der Waals surface area contributed by atoms with Crippen molar-refractivity contribution in [1.29, 1.82) is 0 Å². The fourth-order valence-corrected chi connectivity index (χ4v) is 3.85. The molecule has 2 heterocycles. The van der Waals surface area contributed by atoms with E-state index in [-0.39, 0.29) is 17.9 Å². The molecule has 3 rings (SSSR count). The minimum absolute atomic E-state index is 0.0844. The average molecular weight is 304 g/mol. The number of methoxy groups -OCH3 is 1. The summed E-state index contributed by atoms with van der Waals surface area (Å²) in [6.07, 6.45) is 6.69. The second-order valence-electron chi connectivity index (χ2n) is 6.32. The molecule has 6 heteroatoms. The first-order valence-electron chi connectivity index (χ1n) is 7.91. The summed E-state index contributed by atoms with van der Waals surface area (Å²) in [6, 6.07) is 2.33. The van der Waals surface area contributed by atoms with Crippen LogP contribution in [0.4, 0.5) is 0 Å². The third-order valence-corrected chi connectivity index (χ3v) is 4.99. The van der Waals surface area contributed by atoms with E-state index in [9.17, 15) is 4.79 Å².